The van der Waals surface area contributed by atoms with E-state index >= 15 is 0 Å². The maximum absolute atomic E-state index is 13.1. The molecule has 30 heavy (non-hydrogen) atoms. The summed E-state index contributed by atoms with van der Waals surface area (Å²) in [5.41, 5.74) is 1.94. The third-order valence-corrected chi connectivity index (χ3v) is 6.56. The number of carbonyl (C=O) groups is 1. The third kappa shape index (κ3) is 5.95. The van der Waals surface area contributed by atoms with Crippen LogP contribution in [0.1, 0.15) is 16.9 Å². The first kappa shape index (κ1) is 22.1. The fourth-order valence-electron chi connectivity index (χ4n) is 2.92. The van der Waals surface area contributed by atoms with Crippen LogP contribution in [-0.2, 0) is 27.8 Å². The van der Waals surface area contributed by atoms with E-state index in [2.05, 4.69) is 5.32 Å². The standard InChI is InChI=1S/C22H23ClN2O4S/c1-17-7-9-21(10-8-17)30(27,28)25(15-20-6-3-13-29-20)16-22(26)24-12-11-18-4-2-5-19(23)14-18/h2-10,13-14H,11-12,15-16H2,1H3,(H,24,26). The number of amides is 1. The van der Waals surface area contributed by atoms with Gasteiger partial charge in [0.2, 0.25) is 15.9 Å². The van der Waals surface area contributed by atoms with Gasteiger partial charge in [0.05, 0.1) is 24.2 Å². The number of halogens is 1. The second-order valence-corrected chi connectivity index (χ2v) is 9.27. The van der Waals surface area contributed by atoms with Crippen LogP contribution < -0.4 is 5.32 Å². The molecule has 8 heteroatoms. The van der Waals surface area contributed by atoms with Crippen LogP contribution in [0, 0.1) is 6.92 Å². The lowest BCUT2D eigenvalue weighted by atomic mass is 10.1. The highest BCUT2D eigenvalue weighted by molar-refractivity contribution is 7.89. The molecule has 6 nitrogen and oxygen atoms in total. The van der Waals surface area contributed by atoms with Crippen molar-refractivity contribution in [2.45, 2.75) is 24.8 Å². The van der Waals surface area contributed by atoms with Gasteiger partial charge in [-0.3, -0.25) is 4.79 Å². The summed E-state index contributed by atoms with van der Waals surface area (Å²) >= 11 is 5.97. The third-order valence-electron chi connectivity index (χ3n) is 4.52. The second-order valence-electron chi connectivity index (χ2n) is 6.90. The minimum Gasteiger partial charge on any atom is -0.468 e. The van der Waals surface area contributed by atoms with Crippen LogP contribution in [0.25, 0.3) is 0 Å². The smallest absolute Gasteiger partial charge is 0.243 e. The highest BCUT2D eigenvalue weighted by Crippen LogP contribution is 2.19. The summed E-state index contributed by atoms with van der Waals surface area (Å²) in [5.74, 6) is 0.0664. The molecule has 3 aromatic rings. The molecule has 1 N–H and O–H groups in total. The molecule has 0 radical (unpaired) electrons. The zero-order valence-electron chi connectivity index (χ0n) is 16.5. The van der Waals surface area contributed by atoms with Gasteiger partial charge in [-0.15, -0.1) is 0 Å². The van der Waals surface area contributed by atoms with Gasteiger partial charge in [-0.05, 0) is 55.3 Å². The minimum atomic E-state index is -3.88. The van der Waals surface area contributed by atoms with E-state index in [4.69, 9.17) is 16.0 Å². The lowest BCUT2D eigenvalue weighted by Crippen LogP contribution is -2.40. The largest absolute Gasteiger partial charge is 0.468 e. The Balaban J connectivity index is 1.69. The second kappa shape index (κ2) is 9.93. The summed E-state index contributed by atoms with van der Waals surface area (Å²) in [5, 5.41) is 3.41. The maximum atomic E-state index is 13.1. The molecule has 0 atom stereocenters. The number of hydrogen-bond acceptors (Lipinski definition) is 4. The number of nitrogens with one attached hydrogen (secondary N) is 1. The monoisotopic (exact) mass is 446 g/mol. The zero-order chi connectivity index (χ0) is 21.6. The van der Waals surface area contributed by atoms with Gasteiger partial charge in [-0.25, -0.2) is 8.42 Å². The van der Waals surface area contributed by atoms with E-state index in [-0.39, 0.29) is 23.9 Å². The van der Waals surface area contributed by atoms with Crippen molar-refractivity contribution in [1.29, 1.82) is 0 Å². The molecule has 1 heterocycles. The van der Waals surface area contributed by atoms with Gasteiger partial charge < -0.3 is 9.73 Å². The summed E-state index contributed by atoms with van der Waals surface area (Å²) < 4.78 is 32.7. The van der Waals surface area contributed by atoms with E-state index in [9.17, 15) is 13.2 Å². The van der Waals surface area contributed by atoms with Crippen LogP contribution in [-0.4, -0.2) is 31.7 Å². The van der Waals surface area contributed by atoms with Crippen molar-refractivity contribution in [1.82, 2.24) is 9.62 Å². The minimum absolute atomic E-state index is 0.0368. The van der Waals surface area contributed by atoms with Crippen LogP contribution >= 0.6 is 11.6 Å². The predicted molar refractivity (Wildman–Crippen MR) is 116 cm³/mol. The van der Waals surface area contributed by atoms with Crippen molar-refractivity contribution in [2.75, 3.05) is 13.1 Å². The van der Waals surface area contributed by atoms with Crippen molar-refractivity contribution in [3.8, 4) is 0 Å². The van der Waals surface area contributed by atoms with Gasteiger partial charge in [0.1, 0.15) is 5.76 Å². The topological polar surface area (TPSA) is 79.6 Å². The van der Waals surface area contributed by atoms with Crippen molar-refractivity contribution < 1.29 is 17.6 Å². The summed E-state index contributed by atoms with van der Waals surface area (Å²) in [6.45, 7) is 1.90. The number of benzene rings is 2. The van der Waals surface area contributed by atoms with Crippen molar-refractivity contribution in [3.63, 3.8) is 0 Å². The number of furan rings is 1. The Bertz CT molecular complexity index is 1080. The normalized spacial score (nSPS) is 11.6. The van der Waals surface area contributed by atoms with Crippen LogP contribution in [0.4, 0.5) is 0 Å². The molecule has 2 aromatic carbocycles. The van der Waals surface area contributed by atoms with Crippen LogP contribution in [0.2, 0.25) is 5.02 Å². The molecular formula is C22H23ClN2O4S. The number of nitrogens with zero attached hydrogens (tertiary/aromatic N) is 1. The Morgan fingerprint density at radius 1 is 1.10 bits per heavy atom. The number of rotatable bonds is 9. The van der Waals surface area contributed by atoms with Gasteiger partial charge in [0.15, 0.2) is 0 Å². The molecule has 1 amide bonds. The van der Waals surface area contributed by atoms with E-state index in [0.29, 0.717) is 23.7 Å². The Labute approximate surface area is 181 Å². The Hall–Kier alpha value is -2.61. The fourth-order valence-corrected chi connectivity index (χ4v) is 4.49. The van der Waals surface area contributed by atoms with E-state index in [1.165, 1.54) is 18.4 Å². The molecule has 0 fully saturated rings. The average Bonchev–Trinajstić information content (AvgIpc) is 3.21. The van der Waals surface area contributed by atoms with Gasteiger partial charge in [-0.1, -0.05) is 41.4 Å². The molecule has 0 saturated carbocycles. The summed E-state index contributed by atoms with van der Waals surface area (Å²) in [7, 11) is -3.88. The Morgan fingerprint density at radius 2 is 1.87 bits per heavy atom. The summed E-state index contributed by atoms with van der Waals surface area (Å²) in [6.07, 6.45) is 2.06. The molecule has 1 aromatic heterocycles. The fraction of sp³-hybridized carbons (Fsp3) is 0.227. The number of aryl methyl sites for hydroxylation is 1. The van der Waals surface area contributed by atoms with Crippen LogP contribution in [0.5, 0.6) is 0 Å². The van der Waals surface area contributed by atoms with Crippen molar-refractivity contribution in [2.24, 2.45) is 0 Å². The first-order valence-corrected chi connectivity index (χ1v) is 11.3. The lowest BCUT2D eigenvalue weighted by Gasteiger charge is -2.21. The number of carbonyl (C=O) groups excluding carboxylic acids is 1. The number of hydrogen-bond donors (Lipinski definition) is 1. The first-order valence-electron chi connectivity index (χ1n) is 9.45. The highest BCUT2D eigenvalue weighted by Gasteiger charge is 2.27. The van der Waals surface area contributed by atoms with Gasteiger partial charge in [0.25, 0.3) is 0 Å². The Kier molecular flexibility index (Phi) is 7.31. The van der Waals surface area contributed by atoms with Crippen LogP contribution in [0.3, 0.4) is 0 Å². The summed E-state index contributed by atoms with van der Waals surface area (Å²) in [4.78, 5) is 12.6. The maximum Gasteiger partial charge on any atom is 0.243 e. The van der Waals surface area contributed by atoms with Crippen molar-refractivity contribution in [3.05, 3.63) is 88.8 Å². The molecule has 158 valence electrons. The van der Waals surface area contributed by atoms with Crippen molar-refractivity contribution >= 4 is 27.5 Å². The van der Waals surface area contributed by atoms with Crippen LogP contribution in [0.15, 0.2) is 76.2 Å². The first-order chi connectivity index (χ1) is 14.3. The van der Waals surface area contributed by atoms with E-state index < -0.39 is 10.0 Å². The molecule has 0 saturated heterocycles. The highest BCUT2D eigenvalue weighted by atomic mass is 35.5. The van der Waals surface area contributed by atoms with Gasteiger partial charge >= 0.3 is 0 Å². The predicted octanol–water partition coefficient (Wildman–Crippen LogP) is 3.79. The quantitative estimate of drug-likeness (QED) is 0.542. The van der Waals surface area contributed by atoms with Gasteiger partial charge in [-0.2, -0.15) is 4.31 Å². The molecule has 0 aliphatic heterocycles. The van der Waals surface area contributed by atoms with E-state index in [1.807, 2.05) is 25.1 Å². The molecular weight excluding hydrogens is 424 g/mol. The molecule has 0 unspecified atom stereocenters. The van der Waals surface area contributed by atoms with E-state index in [0.717, 1.165) is 15.4 Å². The summed E-state index contributed by atoms with van der Waals surface area (Å²) in [6, 6.07) is 17.3. The molecule has 3 rings (SSSR count). The zero-order valence-corrected chi connectivity index (χ0v) is 18.1. The molecule has 0 aliphatic rings. The molecule has 0 aliphatic carbocycles. The molecule has 0 bridgehead atoms. The lowest BCUT2D eigenvalue weighted by molar-refractivity contribution is -0.121. The Morgan fingerprint density at radius 3 is 2.53 bits per heavy atom. The SMILES string of the molecule is Cc1ccc(S(=O)(=O)N(CC(=O)NCCc2cccc(Cl)c2)Cc2ccco2)cc1. The van der Waals surface area contributed by atoms with E-state index in [1.54, 1.807) is 30.3 Å². The van der Waals surface area contributed by atoms with Gasteiger partial charge in [0, 0.05) is 11.6 Å². The number of sulfonamides is 1. The molecule has 0 spiro atoms. The average molecular weight is 447 g/mol.